The summed E-state index contributed by atoms with van der Waals surface area (Å²) in [4.78, 5) is 7.40. The van der Waals surface area contributed by atoms with E-state index in [2.05, 4.69) is 28.5 Å². The van der Waals surface area contributed by atoms with Gasteiger partial charge in [-0.1, -0.05) is 18.2 Å². The fraction of sp³-hybridized carbons (Fsp3) is 0.333. The predicted octanol–water partition coefficient (Wildman–Crippen LogP) is 4.83. The van der Waals surface area contributed by atoms with Crippen LogP contribution in [0.4, 0.5) is 0 Å². The van der Waals surface area contributed by atoms with Crippen LogP contribution >= 0.6 is 11.3 Å². The number of aromatic nitrogens is 1. The van der Waals surface area contributed by atoms with Crippen molar-refractivity contribution in [2.75, 3.05) is 26.3 Å². The number of thiazole rings is 1. The molecule has 2 aliphatic rings. The lowest BCUT2D eigenvalue weighted by molar-refractivity contribution is 0.171. The van der Waals surface area contributed by atoms with Gasteiger partial charge >= 0.3 is 0 Å². The summed E-state index contributed by atoms with van der Waals surface area (Å²) in [6, 6.07) is 16.3. The Morgan fingerprint density at radius 3 is 2.70 bits per heavy atom. The fourth-order valence-electron chi connectivity index (χ4n) is 4.16. The highest BCUT2D eigenvalue weighted by atomic mass is 32.1. The van der Waals surface area contributed by atoms with Gasteiger partial charge in [0.1, 0.15) is 13.2 Å². The van der Waals surface area contributed by atoms with Crippen molar-refractivity contribution < 1.29 is 9.47 Å². The van der Waals surface area contributed by atoms with Gasteiger partial charge in [0.25, 0.3) is 0 Å². The van der Waals surface area contributed by atoms with Gasteiger partial charge in [0, 0.05) is 23.4 Å². The van der Waals surface area contributed by atoms with Crippen LogP contribution in [-0.2, 0) is 6.54 Å². The second-order valence-electron chi connectivity index (χ2n) is 7.75. The van der Waals surface area contributed by atoms with Crippen LogP contribution < -0.4 is 9.47 Å². The number of likely N-dealkylation sites (tertiary alicyclic amines) is 1. The van der Waals surface area contributed by atoms with Crippen molar-refractivity contribution in [3.05, 3.63) is 64.0 Å². The Hall–Kier alpha value is -2.88. The van der Waals surface area contributed by atoms with E-state index in [9.17, 15) is 5.26 Å². The topological polar surface area (TPSA) is 58.4 Å². The lowest BCUT2D eigenvalue weighted by Crippen LogP contribution is -2.32. The van der Waals surface area contributed by atoms with Crippen molar-refractivity contribution in [3.63, 3.8) is 0 Å². The van der Waals surface area contributed by atoms with E-state index in [1.165, 1.54) is 5.01 Å². The van der Waals surface area contributed by atoms with E-state index in [0.29, 0.717) is 19.1 Å². The Balaban J connectivity index is 1.23. The van der Waals surface area contributed by atoms with Gasteiger partial charge in [-0.2, -0.15) is 5.26 Å². The van der Waals surface area contributed by atoms with E-state index in [1.807, 2.05) is 30.3 Å². The van der Waals surface area contributed by atoms with Crippen molar-refractivity contribution in [2.24, 2.45) is 0 Å². The molecule has 2 aliphatic heterocycles. The maximum atomic E-state index is 9.31. The van der Waals surface area contributed by atoms with Crippen LogP contribution in [0.15, 0.2) is 47.8 Å². The first-order valence-corrected chi connectivity index (χ1v) is 11.2. The molecule has 30 heavy (non-hydrogen) atoms. The highest BCUT2D eigenvalue weighted by molar-refractivity contribution is 7.10. The lowest BCUT2D eigenvalue weighted by Gasteiger charge is -2.31. The van der Waals surface area contributed by atoms with E-state index in [-0.39, 0.29) is 0 Å². The molecule has 3 heterocycles. The molecule has 3 aromatic rings. The molecule has 0 radical (unpaired) electrons. The molecule has 0 aliphatic carbocycles. The van der Waals surface area contributed by atoms with Gasteiger partial charge in [0.05, 0.1) is 22.3 Å². The average molecular weight is 418 g/mol. The second-order valence-corrected chi connectivity index (χ2v) is 8.64. The standard InChI is InChI=1S/C24H23N3O2S/c25-14-19-3-1-2-4-20(19)15-27-9-7-17(8-10-27)24-26-21(16-30-24)18-5-6-22-23(13-18)29-12-11-28-22/h1-6,13,16-17H,7-12,15H2. The van der Waals surface area contributed by atoms with Crippen molar-refractivity contribution in [3.8, 4) is 28.8 Å². The van der Waals surface area contributed by atoms with Crippen LogP contribution in [0, 0.1) is 11.3 Å². The van der Waals surface area contributed by atoms with Crippen LogP contribution in [0.25, 0.3) is 11.3 Å². The normalized spacial score (nSPS) is 16.9. The lowest BCUT2D eigenvalue weighted by atomic mass is 9.96. The molecule has 5 nitrogen and oxygen atoms in total. The van der Waals surface area contributed by atoms with Crippen molar-refractivity contribution in [1.29, 1.82) is 5.26 Å². The molecule has 0 amide bonds. The molecule has 1 aromatic heterocycles. The fourth-order valence-corrected chi connectivity index (χ4v) is 5.16. The Bertz CT molecular complexity index is 1080. The molecule has 6 heteroatoms. The molecule has 1 saturated heterocycles. The van der Waals surface area contributed by atoms with Crippen LogP contribution in [0.1, 0.15) is 34.9 Å². The van der Waals surface area contributed by atoms with Gasteiger partial charge in [-0.25, -0.2) is 4.98 Å². The minimum absolute atomic E-state index is 0.503. The van der Waals surface area contributed by atoms with Crippen LogP contribution in [-0.4, -0.2) is 36.2 Å². The molecule has 2 aromatic carbocycles. The number of hydrogen-bond acceptors (Lipinski definition) is 6. The first-order valence-electron chi connectivity index (χ1n) is 10.4. The summed E-state index contributed by atoms with van der Waals surface area (Å²) in [6.45, 7) is 4.10. The summed E-state index contributed by atoms with van der Waals surface area (Å²) in [5.41, 5.74) is 3.99. The molecule has 5 rings (SSSR count). The average Bonchev–Trinajstić information content (AvgIpc) is 3.30. The van der Waals surface area contributed by atoms with Crippen molar-refractivity contribution in [2.45, 2.75) is 25.3 Å². The molecule has 0 bridgehead atoms. The molecular weight excluding hydrogens is 394 g/mol. The Morgan fingerprint density at radius 1 is 1.07 bits per heavy atom. The number of fused-ring (bicyclic) bond motifs is 1. The highest BCUT2D eigenvalue weighted by Gasteiger charge is 2.24. The quantitative estimate of drug-likeness (QED) is 0.608. The van der Waals surface area contributed by atoms with Gasteiger partial charge in [0.15, 0.2) is 11.5 Å². The summed E-state index contributed by atoms with van der Waals surface area (Å²) < 4.78 is 11.3. The van der Waals surface area contributed by atoms with Gasteiger partial charge in [-0.05, 0) is 55.8 Å². The predicted molar refractivity (Wildman–Crippen MR) is 117 cm³/mol. The molecule has 0 saturated carbocycles. The molecule has 0 unspecified atom stereocenters. The molecule has 1 fully saturated rings. The number of ether oxygens (including phenoxy) is 2. The summed E-state index contributed by atoms with van der Waals surface area (Å²) in [7, 11) is 0. The third kappa shape index (κ3) is 3.91. The van der Waals surface area contributed by atoms with Gasteiger partial charge in [0.2, 0.25) is 0 Å². The number of nitriles is 1. The number of hydrogen-bond donors (Lipinski definition) is 0. The zero-order valence-corrected chi connectivity index (χ0v) is 17.5. The zero-order chi connectivity index (χ0) is 20.3. The summed E-state index contributed by atoms with van der Waals surface area (Å²) in [6.07, 6.45) is 2.20. The van der Waals surface area contributed by atoms with E-state index in [4.69, 9.17) is 14.5 Å². The van der Waals surface area contributed by atoms with E-state index in [1.54, 1.807) is 11.3 Å². The zero-order valence-electron chi connectivity index (χ0n) is 16.7. The monoisotopic (exact) mass is 417 g/mol. The Kier molecular flexibility index (Phi) is 5.39. The number of nitrogens with zero attached hydrogens (tertiary/aromatic N) is 3. The van der Waals surface area contributed by atoms with E-state index >= 15 is 0 Å². The Labute approximate surface area is 180 Å². The Morgan fingerprint density at radius 2 is 1.87 bits per heavy atom. The smallest absolute Gasteiger partial charge is 0.162 e. The first-order chi connectivity index (χ1) is 14.8. The maximum absolute atomic E-state index is 9.31. The maximum Gasteiger partial charge on any atom is 0.162 e. The van der Waals surface area contributed by atoms with Crippen LogP contribution in [0.5, 0.6) is 11.5 Å². The van der Waals surface area contributed by atoms with Gasteiger partial charge < -0.3 is 9.47 Å². The molecule has 0 N–H and O–H groups in total. The molecule has 0 spiro atoms. The molecule has 0 atom stereocenters. The van der Waals surface area contributed by atoms with Crippen LogP contribution in [0.3, 0.4) is 0 Å². The largest absolute Gasteiger partial charge is 0.486 e. The minimum atomic E-state index is 0.503. The summed E-state index contributed by atoms with van der Waals surface area (Å²) in [5, 5.41) is 12.7. The van der Waals surface area contributed by atoms with Crippen molar-refractivity contribution in [1.82, 2.24) is 9.88 Å². The van der Waals surface area contributed by atoms with Gasteiger partial charge in [-0.15, -0.1) is 11.3 Å². The third-order valence-corrected chi connectivity index (χ3v) is 6.84. The second kappa shape index (κ2) is 8.47. The summed E-state index contributed by atoms with van der Waals surface area (Å²) >= 11 is 1.75. The van der Waals surface area contributed by atoms with E-state index in [0.717, 1.165) is 66.4 Å². The van der Waals surface area contributed by atoms with Crippen molar-refractivity contribution >= 4 is 11.3 Å². The van der Waals surface area contributed by atoms with Gasteiger partial charge in [-0.3, -0.25) is 4.90 Å². The van der Waals surface area contributed by atoms with E-state index < -0.39 is 0 Å². The highest BCUT2D eigenvalue weighted by Crippen LogP contribution is 2.37. The molecular formula is C24H23N3O2S. The number of piperidine rings is 1. The number of rotatable bonds is 4. The SMILES string of the molecule is N#Cc1ccccc1CN1CCC(c2nc(-c3ccc4c(c3)OCCO4)cs2)CC1. The number of benzene rings is 2. The van der Waals surface area contributed by atoms with Crippen LogP contribution in [0.2, 0.25) is 0 Å². The third-order valence-electron chi connectivity index (χ3n) is 5.83. The molecule has 152 valence electrons. The minimum Gasteiger partial charge on any atom is -0.486 e. The summed E-state index contributed by atoms with van der Waals surface area (Å²) in [5.74, 6) is 2.12. The first kappa shape index (κ1) is 19.1.